The molecule has 0 radical (unpaired) electrons. The Labute approximate surface area is 168 Å². The molecule has 0 spiro atoms. The normalized spacial score (nSPS) is 16.2. The summed E-state index contributed by atoms with van der Waals surface area (Å²) in [5, 5.41) is 0. The van der Waals surface area contributed by atoms with Gasteiger partial charge in [-0.2, -0.15) is 4.31 Å². The summed E-state index contributed by atoms with van der Waals surface area (Å²) in [5.74, 6) is -1.80. The molecule has 1 fully saturated rings. The van der Waals surface area contributed by atoms with Gasteiger partial charge in [0.05, 0.1) is 23.7 Å². The number of esters is 1. The molecule has 2 aromatic carbocycles. The Morgan fingerprint density at radius 2 is 1.72 bits per heavy atom. The molecule has 2 aromatic rings. The maximum Gasteiger partial charge on any atom is 0.338 e. The highest BCUT2D eigenvalue weighted by Crippen LogP contribution is 2.19. The number of halogens is 1. The molecular weight excluding hydrogens is 401 g/mol. The monoisotopic (exact) mass is 421 g/mol. The van der Waals surface area contributed by atoms with Crippen molar-refractivity contribution in [2.75, 3.05) is 26.3 Å². The van der Waals surface area contributed by atoms with Crippen LogP contribution in [0.4, 0.5) is 4.39 Å². The highest BCUT2D eigenvalue weighted by atomic mass is 32.2. The van der Waals surface area contributed by atoms with E-state index in [9.17, 15) is 22.4 Å². The summed E-state index contributed by atoms with van der Waals surface area (Å²) >= 11 is 0. The lowest BCUT2D eigenvalue weighted by Gasteiger charge is -2.26. The summed E-state index contributed by atoms with van der Waals surface area (Å²) < 4.78 is 50.1. The van der Waals surface area contributed by atoms with E-state index in [4.69, 9.17) is 9.47 Å². The molecule has 29 heavy (non-hydrogen) atoms. The topological polar surface area (TPSA) is 90.0 Å². The molecule has 1 atom stereocenters. The van der Waals surface area contributed by atoms with Crippen LogP contribution in [0.15, 0.2) is 53.4 Å². The Morgan fingerprint density at radius 1 is 1.07 bits per heavy atom. The first-order valence-electron chi connectivity index (χ1n) is 8.98. The van der Waals surface area contributed by atoms with E-state index in [2.05, 4.69) is 0 Å². The van der Waals surface area contributed by atoms with E-state index < -0.39 is 33.7 Å². The first kappa shape index (κ1) is 21.1. The number of carbonyl (C=O) groups excluding carboxylic acids is 2. The van der Waals surface area contributed by atoms with Crippen molar-refractivity contribution < 1.29 is 31.9 Å². The molecule has 0 aromatic heterocycles. The van der Waals surface area contributed by atoms with Gasteiger partial charge >= 0.3 is 5.97 Å². The molecule has 0 amide bonds. The highest BCUT2D eigenvalue weighted by Gasteiger charge is 2.27. The van der Waals surface area contributed by atoms with E-state index in [-0.39, 0.29) is 29.1 Å². The molecule has 1 heterocycles. The van der Waals surface area contributed by atoms with Crippen LogP contribution in [-0.4, -0.2) is 56.9 Å². The first-order valence-corrected chi connectivity index (χ1v) is 10.4. The maximum absolute atomic E-state index is 13.0. The van der Waals surface area contributed by atoms with Crippen molar-refractivity contribution >= 4 is 21.8 Å². The van der Waals surface area contributed by atoms with Crippen LogP contribution in [0.1, 0.15) is 27.6 Å². The molecule has 7 nitrogen and oxygen atoms in total. The number of nitrogens with zero attached hydrogens (tertiary/aromatic N) is 1. The van der Waals surface area contributed by atoms with Gasteiger partial charge in [-0.1, -0.05) is 6.07 Å². The third kappa shape index (κ3) is 4.87. The van der Waals surface area contributed by atoms with Crippen LogP contribution < -0.4 is 0 Å². The number of ether oxygens (including phenoxy) is 2. The van der Waals surface area contributed by atoms with Crippen molar-refractivity contribution in [2.45, 2.75) is 17.9 Å². The average molecular weight is 421 g/mol. The molecule has 9 heteroatoms. The number of benzene rings is 2. The predicted molar refractivity (Wildman–Crippen MR) is 102 cm³/mol. The Morgan fingerprint density at radius 3 is 2.38 bits per heavy atom. The third-order valence-electron chi connectivity index (χ3n) is 4.46. The molecule has 1 saturated heterocycles. The van der Waals surface area contributed by atoms with E-state index in [1.54, 1.807) is 0 Å². The Balaban J connectivity index is 1.73. The van der Waals surface area contributed by atoms with Gasteiger partial charge in [-0.15, -0.1) is 0 Å². The number of ketones is 1. The van der Waals surface area contributed by atoms with Gasteiger partial charge in [-0.05, 0) is 49.4 Å². The average Bonchev–Trinajstić information content (AvgIpc) is 2.74. The van der Waals surface area contributed by atoms with Crippen LogP contribution in [0.5, 0.6) is 0 Å². The Hall–Kier alpha value is -2.62. The van der Waals surface area contributed by atoms with Crippen LogP contribution in [0.2, 0.25) is 0 Å². The summed E-state index contributed by atoms with van der Waals surface area (Å²) in [6, 6.07) is 10.4. The van der Waals surface area contributed by atoms with Crippen molar-refractivity contribution in [2.24, 2.45) is 0 Å². The second-order valence-corrected chi connectivity index (χ2v) is 8.40. The van der Waals surface area contributed by atoms with Gasteiger partial charge in [0.1, 0.15) is 5.82 Å². The van der Waals surface area contributed by atoms with E-state index in [1.807, 2.05) is 0 Å². The third-order valence-corrected chi connectivity index (χ3v) is 6.35. The van der Waals surface area contributed by atoms with Gasteiger partial charge < -0.3 is 9.47 Å². The van der Waals surface area contributed by atoms with Crippen molar-refractivity contribution in [1.82, 2.24) is 4.31 Å². The van der Waals surface area contributed by atoms with E-state index >= 15 is 0 Å². The minimum Gasteiger partial charge on any atom is -0.451 e. The number of morpholine rings is 1. The lowest BCUT2D eigenvalue weighted by molar-refractivity contribution is 0.0318. The molecule has 0 bridgehead atoms. The molecule has 0 N–H and O–H groups in total. The summed E-state index contributed by atoms with van der Waals surface area (Å²) in [7, 11) is -3.77. The lowest BCUT2D eigenvalue weighted by Crippen LogP contribution is -2.40. The molecular formula is C20H20FNO6S. The van der Waals surface area contributed by atoms with Crippen molar-refractivity contribution in [1.29, 1.82) is 0 Å². The molecule has 154 valence electrons. The molecule has 0 saturated carbocycles. The van der Waals surface area contributed by atoms with Gasteiger partial charge in [-0.3, -0.25) is 4.79 Å². The largest absolute Gasteiger partial charge is 0.451 e. The second-order valence-electron chi connectivity index (χ2n) is 6.46. The summed E-state index contributed by atoms with van der Waals surface area (Å²) in [6.07, 6.45) is -1.12. The van der Waals surface area contributed by atoms with Crippen LogP contribution in [-0.2, 0) is 19.5 Å². The number of hydrogen-bond acceptors (Lipinski definition) is 6. The number of sulfonamides is 1. The SMILES string of the molecule is CC(OC(=O)c1cccc(S(=O)(=O)N2CCOCC2)c1)C(=O)c1ccc(F)cc1. The van der Waals surface area contributed by atoms with Gasteiger partial charge in [0.15, 0.2) is 6.10 Å². The first-order chi connectivity index (χ1) is 13.8. The quantitative estimate of drug-likeness (QED) is 0.525. The summed E-state index contributed by atoms with van der Waals surface area (Å²) in [5.41, 5.74) is 0.216. The zero-order chi connectivity index (χ0) is 21.0. The lowest BCUT2D eigenvalue weighted by atomic mass is 10.1. The van der Waals surface area contributed by atoms with Crippen LogP contribution in [0.3, 0.4) is 0 Å². The highest BCUT2D eigenvalue weighted by molar-refractivity contribution is 7.89. The van der Waals surface area contributed by atoms with Crippen LogP contribution >= 0.6 is 0 Å². The van der Waals surface area contributed by atoms with E-state index in [1.165, 1.54) is 47.6 Å². The fourth-order valence-electron chi connectivity index (χ4n) is 2.85. The van der Waals surface area contributed by atoms with Gasteiger partial charge in [-0.25, -0.2) is 17.6 Å². The maximum atomic E-state index is 13.0. The fourth-order valence-corrected chi connectivity index (χ4v) is 4.30. The Bertz CT molecular complexity index is 1000. The van der Waals surface area contributed by atoms with Gasteiger partial charge in [0.2, 0.25) is 15.8 Å². The Kier molecular flexibility index (Phi) is 6.41. The molecule has 3 rings (SSSR count). The minimum atomic E-state index is -3.77. The van der Waals surface area contributed by atoms with E-state index in [0.717, 1.165) is 12.1 Å². The molecule has 1 aliphatic heterocycles. The van der Waals surface area contributed by atoms with Crippen LogP contribution in [0.25, 0.3) is 0 Å². The fraction of sp³-hybridized carbons (Fsp3) is 0.300. The van der Waals surface area contributed by atoms with Gasteiger partial charge in [0.25, 0.3) is 0 Å². The van der Waals surface area contributed by atoms with Gasteiger partial charge in [0, 0.05) is 18.7 Å². The molecule has 1 aliphatic rings. The van der Waals surface area contributed by atoms with Crippen molar-refractivity contribution in [3.63, 3.8) is 0 Å². The smallest absolute Gasteiger partial charge is 0.338 e. The zero-order valence-electron chi connectivity index (χ0n) is 15.7. The summed E-state index contributed by atoms with van der Waals surface area (Å²) in [6.45, 7) is 2.49. The predicted octanol–water partition coefficient (Wildman–Crippen LogP) is 2.27. The second kappa shape index (κ2) is 8.81. The summed E-state index contributed by atoms with van der Waals surface area (Å²) in [4.78, 5) is 24.7. The van der Waals surface area contributed by atoms with Crippen molar-refractivity contribution in [3.8, 4) is 0 Å². The number of rotatable bonds is 6. The molecule has 1 unspecified atom stereocenters. The standard InChI is InChI=1S/C20H20FNO6S/c1-14(19(23)15-5-7-17(21)8-6-15)28-20(24)16-3-2-4-18(13-16)29(25,26)22-9-11-27-12-10-22/h2-8,13-14H,9-12H2,1H3. The van der Waals surface area contributed by atoms with Crippen molar-refractivity contribution in [3.05, 3.63) is 65.5 Å². The van der Waals surface area contributed by atoms with Crippen LogP contribution in [0, 0.1) is 5.82 Å². The number of Topliss-reactive ketones (excluding diaryl/α,β-unsaturated/α-hetero) is 1. The van der Waals surface area contributed by atoms with E-state index in [0.29, 0.717) is 13.2 Å². The zero-order valence-corrected chi connectivity index (χ0v) is 16.5. The number of hydrogen-bond donors (Lipinski definition) is 0. The minimum absolute atomic E-state index is 0.0121. The number of carbonyl (C=O) groups is 2. The molecule has 0 aliphatic carbocycles.